The van der Waals surface area contributed by atoms with E-state index in [9.17, 15) is 4.79 Å². The van der Waals surface area contributed by atoms with Gasteiger partial charge in [0.25, 0.3) is 0 Å². The minimum atomic E-state index is 0.331. The number of rotatable bonds is 6. The number of anilines is 1. The molecule has 0 spiro atoms. The number of likely N-dealkylation sites (N-methyl/N-ethyl adjacent to an activating group) is 1. The Hall–Kier alpha value is -1.35. The van der Waals surface area contributed by atoms with Crippen LogP contribution in [0.5, 0.6) is 0 Å². The zero-order valence-corrected chi connectivity index (χ0v) is 10.1. The topological polar surface area (TPSA) is 29.5 Å². The molecule has 3 nitrogen and oxygen atoms in total. The molecular formula is C13H19NO2. The standard InChI is InChI=1S/C13H19NO2/c1-4-14(11(2)10-16-3)13-7-5-12(9-15)6-8-13/h5-9,11H,4,10H2,1-3H3. The van der Waals surface area contributed by atoms with Gasteiger partial charge in [0.1, 0.15) is 6.29 Å². The second-order valence-corrected chi connectivity index (χ2v) is 3.80. The summed E-state index contributed by atoms with van der Waals surface area (Å²) in [7, 11) is 1.71. The van der Waals surface area contributed by atoms with E-state index in [4.69, 9.17) is 4.74 Å². The van der Waals surface area contributed by atoms with Crippen molar-refractivity contribution in [3.8, 4) is 0 Å². The first-order valence-corrected chi connectivity index (χ1v) is 5.53. The van der Waals surface area contributed by atoms with E-state index in [2.05, 4.69) is 18.7 Å². The van der Waals surface area contributed by atoms with E-state index in [1.54, 1.807) is 7.11 Å². The van der Waals surface area contributed by atoms with Crippen molar-refractivity contribution in [1.82, 2.24) is 0 Å². The highest BCUT2D eigenvalue weighted by Gasteiger charge is 2.12. The fourth-order valence-electron chi connectivity index (χ4n) is 1.82. The quantitative estimate of drug-likeness (QED) is 0.691. The Morgan fingerprint density at radius 2 is 2.00 bits per heavy atom. The number of nitrogens with zero attached hydrogens (tertiary/aromatic N) is 1. The maximum atomic E-state index is 10.6. The molecule has 3 heteroatoms. The van der Waals surface area contributed by atoms with Crippen LogP contribution in [0.25, 0.3) is 0 Å². The lowest BCUT2D eigenvalue weighted by Gasteiger charge is -2.29. The lowest BCUT2D eigenvalue weighted by molar-refractivity contribution is 0.112. The van der Waals surface area contributed by atoms with Crippen LogP contribution < -0.4 is 4.90 Å². The number of benzene rings is 1. The van der Waals surface area contributed by atoms with E-state index in [1.165, 1.54) is 0 Å². The minimum absolute atomic E-state index is 0.331. The summed E-state index contributed by atoms with van der Waals surface area (Å²) in [6, 6.07) is 7.95. The van der Waals surface area contributed by atoms with Crippen LogP contribution in [-0.2, 0) is 4.74 Å². The van der Waals surface area contributed by atoms with Crippen LogP contribution in [0.3, 0.4) is 0 Å². The van der Waals surface area contributed by atoms with E-state index >= 15 is 0 Å². The Morgan fingerprint density at radius 1 is 1.38 bits per heavy atom. The van der Waals surface area contributed by atoms with Gasteiger partial charge in [0.2, 0.25) is 0 Å². The molecule has 1 rings (SSSR count). The summed E-state index contributed by atoms with van der Waals surface area (Å²) in [6.45, 7) is 5.86. The number of ether oxygens (including phenoxy) is 1. The fourth-order valence-corrected chi connectivity index (χ4v) is 1.82. The third kappa shape index (κ3) is 3.07. The molecule has 0 heterocycles. The predicted molar refractivity (Wildman–Crippen MR) is 66.2 cm³/mol. The Bertz CT molecular complexity index is 321. The predicted octanol–water partition coefficient (Wildman–Crippen LogP) is 2.36. The van der Waals surface area contributed by atoms with Crippen LogP contribution in [0.4, 0.5) is 5.69 Å². The normalized spacial score (nSPS) is 12.2. The number of carbonyl (C=O) groups is 1. The SMILES string of the molecule is CCN(c1ccc(C=O)cc1)C(C)COC. The summed E-state index contributed by atoms with van der Waals surface area (Å²) < 4.78 is 5.15. The first-order chi connectivity index (χ1) is 7.72. The molecule has 16 heavy (non-hydrogen) atoms. The Balaban J connectivity index is 2.81. The van der Waals surface area contributed by atoms with E-state index < -0.39 is 0 Å². The van der Waals surface area contributed by atoms with Crippen LogP contribution in [0.2, 0.25) is 0 Å². The number of methoxy groups -OCH3 is 1. The van der Waals surface area contributed by atoms with Gasteiger partial charge in [0.15, 0.2) is 0 Å². The fraction of sp³-hybridized carbons (Fsp3) is 0.462. The second kappa shape index (κ2) is 6.28. The van der Waals surface area contributed by atoms with Crippen molar-refractivity contribution in [3.05, 3.63) is 29.8 Å². The molecule has 1 atom stereocenters. The molecule has 0 aliphatic rings. The Morgan fingerprint density at radius 3 is 2.44 bits per heavy atom. The highest BCUT2D eigenvalue weighted by Crippen LogP contribution is 2.17. The van der Waals surface area contributed by atoms with Crippen LogP contribution in [0.1, 0.15) is 24.2 Å². The zero-order valence-electron chi connectivity index (χ0n) is 10.1. The molecule has 0 saturated heterocycles. The van der Waals surface area contributed by atoms with E-state index in [0.29, 0.717) is 18.2 Å². The monoisotopic (exact) mass is 221 g/mol. The zero-order chi connectivity index (χ0) is 12.0. The van der Waals surface area contributed by atoms with E-state index in [-0.39, 0.29) is 0 Å². The number of hydrogen-bond acceptors (Lipinski definition) is 3. The Labute approximate surface area is 97.0 Å². The first-order valence-electron chi connectivity index (χ1n) is 5.53. The molecule has 1 aromatic rings. The van der Waals surface area contributed by atoms with Crippen molar-refractivity contribution < 1.29 is 9.53 Å². The largest absolute Gasteiger partial charge is 0.383 e. The van der Waals surface area contributed by atoms with Crippen molar-refractivity contribution in [2.45, 2.75) is 19.9 Å². The van der Waals surface area contributed by atoms with Crippen molar-refractivity contribution in [1.29, 1.82) is 0 Å². The van der Waals surface area contributed by atoms with Gasteiger partial charge in [-0.05, 0) is 38.1 Å². The molecule has 0 saturated carbocycles. The van der Waals surface area contributed by atoms with Gasteiger partial charge in [-0.25, -0.2) is 0 Å². The van der Waals surface area contributed by atoms with Gasteiger partial charge < -0.3 is 9.64 Å². The van der Waals surface area contributed by atoms with Crippen molar-refractivity contribution in [2.75, 3.05) is 25.2 Å². The first kappa shape index (κ1) is 12.7. The molecule has 1 unspecified atom stereocenters. The average Bonchev–Trinajstić information content (AvgIpc) is 2.31. The van der Waals surface area contributed by atoms with Crippen LogP contribution >= 0.6 is 0 Å². The summed E-state index contributed by atoms with van der Waals surface area (Å²) >= 11 is 0. The molecule has 0 N–H and O–H groups in total. The minimum Gasteiger partial charge on any atom is -0.383 e. The highest BCUT2D eigenvalue weighted by atomic mass is 16.5. The van der Waals surface area contributed by atoms with Crippen molar-refractivity contribution in [3.63, 3.8) is 0 Å². The summed E-state index contributed by atoms with van der Waals surface area (Å²) in [5, 5.41) is 0. The van der Waals surface area contributed by atoms with Crippen molar-refractivity contribution in [2.24, 2.45) is 0 Å². The Kier molecular flexibility index (Phi) is 4.99. The highest BCUT2D eigenvalue weighted by molar-refractivity contribution is 5.75. The molecule has 0 amide bonds. The van der Waals surface area contributed by atoms with E-state index in [1.807, 2.05) is 24.3 Å². The van der Waals surface area contributed by atoms with Gasteiger partial charge in [0.05, 0.1) is 6.61 Å². The maximum absolute atomic E-state index is 10.6. The second-order valence-electron chi connectivity index (χ2n) is 3.80. The molecule has 0 aliphatic heterocycles. The molecule has 0 bridgehead atoms. The molecule has 88 valence electrons. The van der Waals surface area contributed by atoms with Crippen molar-refractivity contribution >= 4 is 12.0 Å². The number of hydrogen-bond donors (Lipinski definition) is 0. The number of carbonyl (C=O) groups excluding carboxylic acids is 1. The molecule has 0 aliphatic carbocycles. The van der Waals surface area contributed by atoms with Gasteiger partial charge in [-0.15, -0.1) is 0 Å². The van der Waals surface area contributed by atoms with Gasteiger partial charge in [-0.3, -0.25) is 4.79 Å². The molecule has 0 radical (unpaired) electrons. The summed E-state index contributed by atoms with van der Waals surface area (Å²) in [4.78, 5) is 12.8. The molecule has 0 aromatic heterocycles. The van der Waals surface area contributed by atoms with Crippen LogP contribution in [0, 0.1) is 0 Å². The molecule has 1 aromatic carbocycles. The van der Waals surface area contributed by atoms with Gasteiger partial charge in [-0.2, -0.15) is 0 Å². The summed E-state index contributed by atoms with van der Waals surface area (Å²) in [5.41, 5.74) is 1.83. The van der Waals surface area contributed by atoms with Crippen LogP contribution in [-0.4, -0.2) is 32.6 Å². The summed E-state index contributed by atoms with van der Waals surface area (Å²) in [6.07, 6.45) is 0.860. The van der Waals surface area contributed by atoms with Gasteiger partial charge in [-0.1, -0.05) is 0 Å². The average molecular weight is 221 g/mol. The third-order valence-electron chi connectivity index (χ3n) is 2.64. The van der Waals surface area contributed by atoms with Crippen LogP contribution in [0.15, 0.2) is 24.3 Å². The maximum Gasteiger partial charge on any atom is 0.150 e. The van der Waals surface area contributed by atoms with E-state index in [0.717, 1.165) is 18.5 Å². The lowest BCUT2D eigenvalue weighted by atomic mass is 10.2. The van der Waals surface area contributed by atoms with Gasteiger partial charge >= 0.3 is 0 Å². The molecular weight excluding hydrogens is 202 g/mol. The third-order valence-corrected chi connectivity index (χ3v) is 2.64. The molecule has 0 fully saturated rings. The van der Waals surface area contributed by atoms with Gasteiger partial charge in [0, 0.05) is 30.9 Å². The lowest BCUT2D eigenvalue weighted by Crippen LogP contribution is -2.36. The number of aldehydes is 1. The smallest absolute Gasteiger partial charge is 0.150 e. The summed E-state index contributed by atoms with van der Waals surface area (Å²) in [5.74, 6) is 0.